The van der Waals surface area contributed by atoms with E-state index in [4.69, 9.17) is 14.6 Å². The van der Waals surface area contributed by atoms with Gasteiger partial charge in [0.25, 0.3) is 0 Å². The average molecular weight is 238 g/mol. The summed E-state index contributed by atoms with van der Waals surface area (Å²) in [4.78, 5) is 0. The molecule has 0 spiro atoms. The van der Waals surface area contributed by atoms with E-state index in [-0.39, 0.29) is 12.7 Å². The third-order valence-corrected chi connectivity index (χ3v) is 3.54. The van der Waals surface area contributed by atoms with Gasteiger partial charge in [0.05, 0.1) is 19.3 Å². The summed E-state index contributed by atoms with van der Waals surface area (Å²) in [6.45, 7) is 6.81. The van der Waals surface area contributed by atoms with E-state index in [1.54, 1.807) is 0 Å². The molecule has 1 fully saturated rings. The number of hydrogen-bond acceptors (Lipinski definition) is 3. The minimum atomic E-state index is -0.468. The first-order chi connectivity index (χ1) is 8.02. The molecule has 2 atom stereocenters. The Kier molecular flexibility index (Phi) is 3.71. The molecule has 3 heteroatoms. The fourth-order valence-electron chi connectivity index (χ4n) is 2.64. The minimum Gasteiger partial charge on any atom is -0.392 e. The molecule has 0 aromatic rings. The lowest BCUT2D eigenvalue weighted by Gasteiger charge is -2.29. The molecule has 96 valence electrons. The predicted molar refractivity (Wildman–Crippen MR) is 66.6 cm³/mol. The Balaban J connectivity index is 2.12. The SMILES string of the molecule is CC1=CC/C(=C/CO)[C@@H]([C@H]2COC(C)(C)O2)C1. The van der Waals surface area contributed by atoms with Crippen LogP contribution < -0.4 is 0 Å². The van der Waals surface area contributed by atoms with E-state index in [1.165, 1.54) is 11.1 Å². The molecule has 0 aromatic carbocycles. The molecule has 1 heterocycles. The first kappa shape index (κ1) is 12.8. The second-order valence-corrected chi connectivity index (χ2v) is 5.39. The van der Waals surface area contributed by atoms with Gasteiger partial charge in [-0.2, -0.15) is 0 Å². The zero-order chi connectivity index (χ0) is 12.5. The highest BCUT2D eigenvalue weighted by Gasteiger charge is 2.39. The van der Waals surface area contributed by atoms with Gasteiger partial charge in [0.15, 0.2) is 5.79 Å². The van der Waals surface area contributed by atoms with E-state index in [1.807, 2.05) is 19.9 Å². The van der Waals surface area contributed by atoms with Crippen LogP contribution >= 0.6 is 0 Å². The standard InChI is InChI=1S/C14H22O3/c1-10-4-5-11(6-7-15)12(8-10)13-9-16-14(2,3)17-13/h4,6,12-13,15H,5,7-9H2,1-3H3/b11-6-/t12-,13+/m0/s1. The van der Waals surface area contributed by atoms with Gasteiger partial charge in [0.2, 0.25) is 0 Å². The monoisotopic (exact) mass is 238 g/mol. The highest BCUT2D eigenvalue weighted by molar-refractivity contribution is 5.23. The van der Waals surface area contributed by atoms with Gasteiger partial charge in [-0.25, -0.2) is 0 Å². The van der Waals surface area contributed by atoms with Crippen molar-refractivity contribution >= 4 is 0 Å². The highest BCUT2D eigenvalue weighted by Crippen LogP contribution is 2.37. The summed E-state index contributed by atoms with van der Waals surface area (Å²) in [5, 5.41) is 9.08. The molecule has 0 bridgehead atoms. The summed E-state index contributed by atoms with van der Waals surface area (Å²) >= 11 is 0. The molecular formula is C14H22O3. The van der Waals surface area contributed by atoms with Crippen molar-refractivity contribution in [1.82, 2.24) is 0 Å². The molecular weight excluding hydrogens is 216 g/mol. The van der Waals surface area contributed by atoms with E-state index >= 15 is 0 Å². The minimum absolute atomic E-state index is 0.107. The summed E-state index contributed by atoms with van der Waals surface area (Å²) in [6.07, 6.45) is 6.21. The lowest BCUT2D eigenvalue weighted by molar-refractivity contribution is -0.142. The van der Waals surface area contributed by atoms with E-state index in [9.17, 15) is 0 Å². The quantitative estimate of drug-likeness (QED) is 0.751. The van der Waals surface area contributed by atoms with Crippen molar-refractivity contribution in [3.63, 3.8) is 0 Å². The Morgan fingerprint density at radius 1 is 1.53 bits per heavy atom. The summed E-state index contributed by atoms with van der Waals surface area (Å²) < 4.78 is 11.6. The summed E-state index contributed by atoms with van der Waals surface area (Å²) in [7, 11) is 0. The van der Waals surface area contributed by atoms with E-state index < -0.39 is 5.79 Å². The summed E-state index contributed by atoms with van der Waals surface area (Å²) in [5.74, 6) is -0.113. The van der Waals surface area contributed by atoms with Crippen molar-refractivity contribution in [3.05, 3.63) is 23.3 Å². The Morgan fingerprint density at radius 2 is 2.29 bits per heavy atom. The molecule has 0 amide bonds. The van der Waals surface area contributed by atoms with Crippen LogP contribution in [0.25, 0.3) is 0 Å². The van der Waals surface area contributed by atoms with Crippen molar-refractivity contribution in [1.29, 1.82) is 0 Å². The van der Waals surface area contributed by atoms with E-state index in [0.29, 0.717) is 12.5 Å². The number of ether oxygens (including phenoxy) is 2. The second kappa shape index (κ2) is 4.92. The first-order valence-corrected chi connectivity index (χ1v) is 6.29. The molecule has 0 unspecified atom stereocenters. The normalized spacial score (nSPS) is 35.1. The Morgan fingerprint density at radius 3 is 2.88 bits per heavy atom. The van der Waals surface area contributed by atoms with Crippen molar-refractivity contribution in [2.75, 3.05) is 13.2 Å². The third-order valence-electron chi connectivity index (χ3n) is 3.54. The number of hydrogen-bond donors (Lipinski definition) is 1. The van der Waals surface area contributed by atoms with Crippen LogP contribution in [0.1, 0.15) is 33.6 Å². The topological polar surface area (TPSA) is 38.7 Å². The van der Waals surface area contributed by atoms with Crippen LogP contribution in [0.4, 0.5) is 0 Å². The number of aliphatic hydroxyl groups is 1. The van der Waals surface area contributed by atoms with E-state index in [2.05, 4.69) is 13.0 Å². The lowest BCUT2D eigenvalue weighted by Crippen LogP contribution is -2.29. The Labute approximate surface area is 103 Å². The van der Waals surface area contributed by atoms with Gasteiger partial charge >= 0.3 is 0 Å². The number of allylic oxidation sites excluding steroid dienone is 2. The van der Waals surface area contributed by atoms with Gasteiger partial charge in [0.1, 0.15) is 0 Å². The Hall–Kier alpha value is -0.640. The molecule has 3 nitrogen and oxygen atoms in total. The van der Waals surface area contributed by atoms with Crippen LogP contribution in [0.2, 0.25) is 0 Å². The molecule has 0 radical (unpaired) electrons. The zero-order valence-corrected chi connectivity index (χ0v) is 10.9. The van der Waals surface area contributed by atoms with Crippen LogP contribution in [-0.2, 0) is 9.47 Å². The molecule has 17 heavy (non-hydrogen) atoms. The van der Waals surface area contributed by atoms with Crippen LogP contribution in [0, 0.1) is 5.92 Å². The molecule has 1 saturated heterocycles. The van der Waals surface area contributed by atoms with Gasteiger partial charge < -0.3 is 14.6 Å². The second-order valence-electron chi connectivity index (χ2n) is 5.39. The lowest BCUT2D eigenvalue weighted by atomic mass is 9.81. The highest BCUT2D eigenvalue weighted by atomic mass is 16.7. The predicted octanol–water partition coefficient (Wildman–Crippen LogP) is 2.41. The molecule has 1 aliphatic heterocycles. The van der Waals surface area contributed by atoms with Crippen LogP contribution in [0.3, 0.4) is 0 Å². The Bertz CT molecular complexity index is 341. The van der Waals surface area contributed by atoms with Gasteiger partial charge in [-0.15, -0.1) is 0 Å². The van der Waals surface area contributed by atoms with Gasteiger partial charge in [-0.05, 0) is 33.6 Å². The summed E-state index contributed by atoms with van der Waals surface area (Å²) in [5.41, 5.74) is 2.68. The van der Waals surface area contributed by atoms with Crippen LogP contribution in [0.15, 0.2) is 23.3 Å². The van der Waals surface area contributed by atoms with Crippen molar-refractivity contribution in [3.8, 4) is 0 Å². The van der Waals surface area contributed by atoms with Crippen LogP contribution in [-0.4, -0.2) is 30.2 Å². The molecule has 2 rings (SSSR count). The fraction of sp³-hybridized carbons (Fsp3) is 0.714. The maximum Gasteiger partial charge on any atom is 0.163 e. The molecule has 1 N–H and O–H groups in total. The van der Waals surface area contributed by atoms with E-state index in [0.717, 1.165) is 12.8 Å². The largest absolute Gasteiger partial charge is 0.392 e. The molecule has 0 aromatic heterocycles. The smallest absolute Gasteiger partial charge is 0.163 e. The molecule has 2 aliphatic rings. The summed E-state index contributed by atoms with van der Waals surface area (Å²) in [6, 6.07) is 0. The van der Waals surface area contributed by atoms with Crippen molar-refractivity contribution in [2.45, 2.75) is 45.5 Å². The maximum absolute atomic E-state index is 9.08. The fourth-order valence-corrected chi connectivity index (χ4v) is 2.64. The van der Waals surface area contributed by atoms with Gasteiger partial charge in [-0.1, -0.05) is 23.3 Å². The third kappa shape index (κ3) is 2.97. The van der Waals surface area contributed by atoms with Crippen LogP contribution in [0.5, 0.6) is 0 Å². The maximum atomic E-state index is 9.08. The molecule has 0 saturated carbocycles. The average Bonchev–Trinajstić information content (AvgIpc) is 2.62. The van der Waals surface area contributed by atoms with Crippen molar-refractivity contribution < 1.29 is 14.6 Å². The first-order valence-electron chi connectivity index (χ1n) is 6.29. The number of rotatable bonds is 2. The van der Waals surface area contributed by atoms with Crippen molar-refractivity contribution in [2.24, 2.45) is 5.92 Å². The molecule has 1 aliphatic carbocycles. The van der Waals surface area contributed by atoms with Gasteiger partial charge in [-0.3, -0.25) is 0 Å². The zero-order valence-electron chi connectivity index (χ0n) is 10.9. The number of aliphatic hydroxyl groups excluding tert-OH is 1. The van der Waals surface area contributed by atoms with Gasteiger partial charge in [0, 0.05) is 5.92 Å².